The van der Waals surface area contributed by atoms with E-state index in [1.54, 1.807) is 12.4 Å². The molecule has 9 heteroatoms. The average molecular weight is 485 g/mol. The third-order valence-corrected chi connectivity index (χ3v) is 7.11. The Morgan fingerprint density at radius 3 is 2.89 bits per heavy atom. The van der Waals surface area contributed by atoms with Crippen LogP contribution in [-0.2, 0) is 13.1 Å². The van der Waals surface area contributed by atoms with Gasteiger partial charge in [0.15, 0.2) is 5.82 Å². The van der Waals surface area contributed by atoms with Crippen molar-refractivity contribution < 1.29 is 4.39 Å². The molecule has 36 heavy (non-hydrogen) atoms. The fourth-order valence-corrected chi connectivity index (χ4v) is 5.11. The van der Waals surface area contributed by atoms with Gasteiger partial charge in [0.1, 0.15) is 17.7 Å². The van der Waals surface area contributed by atoms with Gasteiger partial charge in [0, 0.05) is 36.4 Å². The van der Waals surface area contributed by atoms with Gasteiger partial charge >= 0.3 is 0 Å². The first-order chi connectivity index (χ1) is 17.5. The molecule has 4 heterocycles. The second-order valence-corrected chi connectivity index (χ2v) is 9.74. The summed E-state index contributed by atoms with van der Waals surface area (Å²) in [6.45, 7) is 5.55. The molecule has 1 fully saturated rings. The Morgan fingerprint density at radius 2 is 2.03 bits per heavy atom. The maximum atomic E-state index is 13.6. The zero-order chi connectivity index (χ0) is 24.6. The number of fused-ring (bicyclic) bond motifs is 2. The van der Waals surface area contributed by atoms with Crippen molar-refractivity contribution in [2.24, 2.45) is 11.7 Å². The summed E-state index contributed by atoms with van der Waals surface area (Å²) in [5.74, 6) is 1.00. The second kappa shape index (κ2) is 9.33. The zero-order valence-electron chi connectivity index (χ0n) is 20.2. The highest BCUT2D eigenvalue weighted by atomic mass is 19.1. The lowest BCUT2D eigenvalue weighted by molar-refractivity contribution is 0.158. The highest BCUT2D eigenvalue weighted by Crippen LogP contribution is 2.27. The molecule has 6 rings (SSSR count). The van der Waals surface area contributed by atoms with Gasteiger partial charge in [-0.15, -0.1) is 0 Å². The van der Waals surface area contributed by atoms with Crippen molar-refractivity contribution >= 4 is 27.9 Å². The number of nitrogens with one attached hydrogen (secondary N) is 1. The summed E-state index contributed by atoms with van der Waals surface area (Å²) < 4.78 is 17.3. The van der Waals surface area contributed by atoms with Crippen molar-refractivity contribution in [1.29, 1.82) is 0 Å². The third-order valence-electron chi connectivity index (χ3n) is 7.11. The zero-order valence-corrected chi connectivity index (χ0v) is 20.2. The van der Waals surface area contributed by atoms with E-state index in [2.05, 4.69) is 44.5 Å². The van der Waals surface area contributed by atoms with E-state index in [1.165, 1.54) is 17.7 Å². The van der Waals surface area contributed by atoms with Crippen LogP contribution in [0.3, 0.4) is 0 Å². The van der Waals surface area contributed by atoms with Crippen LogP contribution >= 0.6 is 0 Å². The maximum absolute atomic E-state index is 13.6. The number of benzene rings is 2. The highest BCUT2D eigenvalue weighted by molar-refractivity contribution is 5.85. The molecule has 0 radical (unpaired) electrons. The number of nitrogens with two attached hydrogens (primary N) is 1. The van der Waals surface area contributed by atoms with Crippen molar-refractivity contribution in [3.8, 4) is 0 Å². The number of nitrogens with zero attached hydrogens (tertiary/aromatic N) is 6. The van der Waals surface area contributed by atoms with Crippen LogP contribution in [-0.4, -0.2) is 48.4 Å². The first-order valence-corrected chi connectivity index (χ1v) is 12.3. The lowest BCUT2D eigenvalue weighted by atomic mass is 9.94. The standard InChI is InChI=1S/C27H29FN8/c1-18-14-34(9-8-24(18)29)16-20-7-10-35-26(20)27(30-17-32-35)33-23-5-6-25-21(12-23)13-31-36(25)15-19-3-2-4-22(28)11-19/h2-7,10-13,17-18,24H,8-9,14-16,29H2,1H3,(H,30,32,33)/t18-,24-/m0/s1. The predicted molar refractivity (Wildman–Crippen MR) is 139 cm³/mol. The lowest BCUT2D eigenvalue weighted by Gasteiger charge is -2.35. The molecule has 8 nitrogen and oxygen atoms in total. The van der Waals surface area contributed by atoms with Gasteiger partial charge in [-0.05, 0) is 66.4 Å². The molecular weight excluding hydrogens is 455 g/mol. The number of aromatic nitrogens is 5. The van der Waals surface area contributed by atoms with Crippen LogP contribution < -0.4 is 11.1 Å². The number of hydrogen-bond donors (Lipinski definition) is 2. The topological polar surface area (TPSA) is 89.3 Å². The molecule has 0 aliphatic carbocycles. The Hall–Kier alpha value is -3.82. The number of anilines is 2. The predicted octanol–water partition coefficient (Wildman–Crippen LogP) is 4.18. The first kappa shape index (κ1) is 22.6. The molecule has 1 saturated heterocycles. The largest absolute Gasteiger partial charge is 0.338 e. The SMILES string of the molecule is C[C@H]1CN(Cc2ccn3ncnc(Nc4ccc5c(cnn5Cc5cccc(F)c5)c4)c23)CC[C@@H]1N. The monoisotopic (exact) mass is 484 g/mol. The van der Waals surface area contributed by atoms with Crippen molar-refractivity contribution in [3.63, 3.8) is 0 Å². The molecule has 0 unspecified atom stereocenters. The van der Waals surface area contributed by atoms with Crippen molar-refractivity contribution in [3.05, 3.63) is 84.2 Å². The van der Waals surface area contributed by atoms with E-state index in [-0.39, 0.29) is 11.9 Å². The van der Waals surface area contributed by atoms with Crippen LogP contribution in [0, 0.1) is 11.7 Å². The average Bonchev–Trinajstić information content (AvgIpc) is 3.46. The normalized spacial score (nSPS) is 18.8. The van der Waals surface area contributed by atoms with Crippen LogP contribution in [0.25, 0.3) is 16.4 Å². The summed E-state index contributed by atoms with van der Waals surface area (Å²) in [6, 6.07) is 15.1. The molecule has 1 aliphatic rings. The summed E-state index contributed by atoms with van der Waals surface area (Å²) in [4.78, 5) is 7.02. The van der Waals surface area contributed by atoms with Gasteiger partial charge in [0.2, 0.25) is 0 Å². The molecule has 0 amide bonds. The fraction of sp³-hybridized carbons (Fsp3) is 0.296. The molecule has 5 aromatic rings. The minimum atomic E-state index is -0.241. The molecule has 184 valence electrons. The minimum absolute atomic E-state index is 0.241. The van der Waals surface area contributed by atoms with Crippen molar-refractivity contribution in [2.45, 2.75) is 32.5 Å². The molecular formula is C27H29FN8. The van der Waals surface area contributed by atoms with Crippen LogP contribution in [0.15, 0.2) is 67.3 Å². The molecule has 0 spiro atoms. The van der Waals surface area contributed by atoms with Crippen LogP contribution in [0.1, 0.15) is 24.5 Å². The van der Waals surface area contributed by atoms with E-state index in [0.29, 0.717) is 12.5 Å². The number of halogens is 1. The molecule has 2 atom stereocenters. The van der Waals surface area contributed by atoms with Gasteiger partial charge in [-0.25, -0.2) is 13.9 Å². The smallest absolute Gasteiger partial charge is 0.158 e. The van der Waals surface area contributed by atoms with Crippen LogP contribution in [0.5, 0.6) is 0 Å². The van der Waals surface area contributed by atoms with E-state index < -0.39 is 0 Å². The molecule has 3 aromatic heterocycles. The molecule has 0 bridgehead atoms. The first-order valence-electron chi connectivity index (χ1n) is 12.3. The van der Waals surface area contributed by atoms with Gasteiger partial charge < -0.3 is 11.1 Å². The van der Waals surface area contributed by atoms with Gasteiger partial charge in [0.05, 0.1) is 18.3 Å². The fourth-order valence-electron chi connectivity index (χ4n) is 5.11. The van der Waals surface area contributed by atoms with Gasteiger partial charge in [-0.3, -0.25) is 9.58 Å². The number of hydrogen-bond acceptors (Lipinski definition) is 6. The van der Waals surface area contributed by atoms with E-state index in [9.17, 15) is 4.39 Å². The van der Waals surface area contributed by atoms with E-state index in [4.69, 9.17) is 5.73 Å². The van der Waals surface area contributed by atoms with Crippen molar-refractivity contribution in [2.75, 3.05) is 18.4 Å². The maximum Gasteiger partial charge on any atom is 0.158 e. The summed E-state index contributed by atoms with van der Waals surface area (Å²) in [5, 5.41) is 13.4. The number of piperidine rings is 1. The lowest BCUT2D eigenvalue weighted by Crippen LogP contribution is -2.45. The Morgan fingerprint density at radius 1 is 1.11 bits per heavy atom. The van der Waals surface area contributed by atoms with E-state index >= 15 is 0 Å². The molecule has 1 aliphatic heterocycles. The number of likely N-dealkylation sites (tertiary alicyclic amines) is 1. The Labute approximate surface area is 208 Å². The van der Waals surface area contributed by atoms with Crippen LogP contribution in [0.2, 0.25) is 0 Å². The van der Waals surface area contributed by atoms with Gasteiger partial charge in [-0.2, -0.15) is 10.2 Å². The van der Waals surface area contributed by atoms with E-state index in [1.807, 2.05) is 39.8 Å². The van der Waals surface area contributed by atoms with Crippen molar-refractivity contribution in [1.82, 2.24) is 29.3 Å². The minimum Gasteiger partial charge on any atom is -0.338 e. The second-order valence-electron chi connectivity index (χ2n) is 9.74. The summed E-state index contributed by atoms with van der Waals surface area (Å²) in [7, 11) is 0. The van der Waals surface area contributed by atoms with Gasteiger partial charge in [0.25, 0.3) is 0 Å². The summed E-state index contributed by atoms with van der Waals surface area (Å²) in [6.07, 6.45) is 6.40. The third kappa shape index (κ3) is 4.43. The Bertz CT molecular complexity index is 1520. The summed E-state index contributed by atoms with van der Waals surface area (Å²) >= 11 is 0. The van der Waals surface area contributed by atoms with Gasteiger partial charge in [-0.1, -0.05) is 19.1 Å². The summed E-state index contributed by atoms with van der Waals surface area (Å²) in [5.41, 5.74) is 11.1. The Kier molecular flexibility index (Phi) is 5.86. The van der Waals surface area contributed by atoms with Crippen LogP contribution in [0.4, 0.5) is 15.9 Å². The number of rotatable bonds is 6. The molecule has 3 N–H and O–H groups in total. The van der Waals surface area contributed by atoms with E-state index in [0.717, 1.165) is 59.5 Å². The molecule has 0 saturated carbocycles. The quantitative estimate of drug-likeness (QED) is 0.376. The highest BCUT2D eigenvalue weighted by Gasteiger charge is 2.24. The molecule has 2 aromatic carbocycles. The Balaban J connectivity index is 1.25.